The zero-order chi connectivity index (χ0) is 17.5. The number of rotatable bonds is 10. The summed E-state index contributed by atoms with van der Waals surface area (Å²) in [5.41, 5.74) is 1.56. The first-order valence-electron chi connectivity index (χ1n) is 8.72. The van der Waals surface area contributed by atoms with Crippen molar-refractivity contribution < 1.29 is 14.1 Å². The molecule has 6 heteroatoms. The van der Waals surface area contributed by atoms with Gasteiger partial charge < -0.3 is 14.6 Å². The lowest BCUT2D eigenvalue weighted by Gasteiger charge is -2.09. The van der Waals surface area contributed by atoms with E-state index >= 15 is 0 Å². The molecule has 1 heterocycles. The third kappa shape index (κ3) is 5.90. The van der Waals surface area contributed by atoms with E-state index in [-0.39, 0.29) is 5.91 Å². The van der Waals surface area contributed by atoms with Gasteiger partial charge in [-0.1, -0.05) is 17.3 Å². The Kier molecular flexibility index (Phi) is 6.53. The number of amides is 1. The van der Waals surface area contributed by atoms with E-state index in [1.54, 1.807) is 11.8 Å². The summed E-state index contributed by atoms with van der Waals surface area (Å²) in [6.45, 7) is 4.10. The molecule has 0 unspecified atom stereocenters. The van der Waals surface area contributed by atoms with E-state index in [9.17, 15) is 4.79 Å². The van der Waals surface area contributed by atoms with Gasteiger partial charge >= 0.3 is 0 Å². The number of hydrogen-bond donors (Lipinski definition) is 1. The molecule has 5 nitrogen and oxygen atoms in total. The molecule has 1 aliphatic rings. The lowest BCUT2D eigenvalue weighted by molar-refractivity contribution is 0.0934. The largest absolute Gasteiger partial charge is 0.381 e. The summed E-state index contributed by atoms with van der Waals surface area (Å²) < 4.78 is 10.8. The Balaban J connectivity index is 1.44. The van der Waals surface area contributed by atoms with Crippen molar-refractivity contribution >= 4 is 17.7 Å². The van der Waals surface area contributed by atoms with Crippen molar-refractivity contribution in [2.75, 3.05) is 19.8 Å². The van der Waals surface area contributed by atoms with Gasteiger partial charge in [0, 0.05) is 30.7 Å². The minimum atomic E-state index is -0.0426. The Bertz CT molecular complexity index is 697. The summed E-state index contributed by atoms with van der Waals surface area (Å²) >= 11 is 1.58. The van der Waals surface area contributed by atoms with E-state index in [4.69, 9.17) is 9.26 Å². The third-order valence-corrected chi connectivity index (χ3v) is 5.08. The number of aryl methyl sites for hydroxylation is 1. The topological polar surface area (TPSA) is 64.4 Å². The highest BCUT2D eigenvalue weighted by atomic mass is 32.2. The second-order valence-corrected chi connectivity index (χ2v) is 7.36. The quantitative estimate of drug-likeness (QED) is 0.515. The first-order chi connectivity index (χ1) is 12.2. The number of carbonyl (C=O) groups is 1. The fraction of sp³-hybridized carbons (Fsp3) is 0.474. The minimum Gasteiger partial charge on any atom is -0.381 e. The molecule has 1 amide bonds. The smallest absolute Gasteiger partial charge is 0.252 e. The number of carbonyl (C=O) groups excluding carboxylic acids is 1. The van der Waals surface area contributed by atoms with Crippen LogP contribution < -0.4 is 5.32 Å². The number of ether oxygens (including phenoxy) is 1. The van der Waals surface area contributed by atoms with Crippen molar-refractivity contribution in [1.82, 2.24) is 10.5 Å². The van der Waals surface area contributed by atoms with Gasteiger partial charge in [0.2, 0.25) is 0 Å². The molecule has 1 N–H and O–H groups in total. The first kappa shape index (κ1) is 18.0. The van der Waals surface area contributed by atoms with Crippen LogP contribution in [0.3, 0.4) is 0 Å². The predicted molar refractivity (Wildman–Crippen MR) is 97.7 cm³/mol. The van der Waals surface area contributed by atoms with Gasteiger partial charge in [0.05, 0.1) is 17.0 Å². The molecule has 0 spiro atoms. The third-order valence-electron chi connectivity index (χ3n) is 3.98. The molecule has 1 aromatic carbocycles. The van der Waals surface area contributed by atoms with Gasteiger partial charge in [-0.25, -0.2) is 0 Å². The maximum atomic E-state index is 12.4. The molecular weight excluding hydrogens is 336 g/mol. The van der Waals surface area contributed by atoms with Gasteiger partial charge in [-0.2, -0.15) is 0 Å². The maximum Gasteiger partial charge on any atom is 0.252 e. The molecule has 1 fully saturated rings. The van der Waals surface area contributed by atoms with Crippen molar-refractivity contribution in [2.24, 2.45) is 5.92 Å². The highest BCUT2D eigenvalue weighted by Crippen LogP contribution is 2.28. The van der Waals surface area contributed by atoms with E-state index < -0.39 is 0 Å². The molecular formula is C19H24N2O3S. The summed E-state index contributed by atoms with van der Waals surface area (Å²) in [6.07, 6.45) is 3.45. The lowest BCUT2D eigenvalue weighted by Crippen LogP contribution is -2.25. The van der Waals surface area contributed by atoms with Crippen molar-refractivity contribution in [2.45, 2.75) is 36.8 Å². The monoisotopic (exact) mass is 360 g/mol. The molecule has 134 valence electrons. The Morgan fingerprint density at radius 2 is 2.24 bits per heavy atom. The van der Waals surface area contributed by atoms with Gasteiger partial charge in [-0.15, -0.1) is 11.8 Å². The fourth-order valence-corrected chi connectivity index (χ4v) is 3.34. The number of hydrogen-bond acceptors (Lipinski definition) is 5. The second-order valence-electron chi connectivity index (χ2n) is 6.35. The zero-order valence-electron chi connectivity index (χ0n) is 14.5. The van der Waals surface area contributed by atoms with Crippen LogP contribution in [0.4, 0.5) is 0 Å². The van der Waals surface area contributed by atoms with Gasteiger partial charge in [-0.3, -0.25) is 4.79 Å². The van der Waals surface area contributed by atoms with Crippen LogP contribution in [0.15, 0.2) is 39.8 Å². The standard InChI is InChI=1S/C19H24N2O3S/c1-14-11-16(24-21-14)13-25-18-6-3-2-5-17(18)19(22)20-9-4-10-23-12-15-7-8-15/h2-3,5-6,11,15H,4,7-10,12-13H2,1H3,(H,20,22). The van der Waals surface area contributed by atoms with E-state index in [1.807, 2.05) is 37.3 Å². The highest BCUT2D eigenvalue weighted by Gasteiger charge is 2.20. The van der Waals surface area contributed by atoms with Crippen LogP contribution >= 0.6 is 11.8 Å². The predicted octanol–water partition coefficient (Wildman–Crippen LogP) is 3.82. The molecule has 1 aromatic heterocycles. The fourth-order valence-electron chi connectivity index (χ4n) is 2.42. The number of benzene rings is 1. The molecule has 0 atom stereocenters. The van der Waals surface area contributed by atoms with Gasteiger partial charge in [-0.05, 0) is 44.2 Å². The Morgan fingerprint density at radius 1 is 1.40 bits per heavy atom. The van der Waals surface area contributed by atoms with Crippen LogP contribution in [0, 0.1) is 12.8 Å². The highest BCUT2D eigenvalue weighted by molar-refractivity contribution is 7.98. The molecule has 25 heavy (non-hydrogen) atoms. The van der Waals surface area contributed by atoms with Crippen molar-refractivity contribution in [1.29, 1.82) is 0 Å². The Morgan fingerprint density at radius 3 is 3.00 bits per heavy atom. The van der Waals surface area contributed by atoms with Crippen molar-refractivity contribution in [3.63, 3.8) is 0 Å². The molecule has 0 radical (unpaired) electrons. The number of nitrogens with zero attached hydrogens (tertiary/aromatic N) is 1. The molecule has 0 saturated heterocycles. The molecule has 0 bridgehead atoms. The van der Waals surface area contributed by atoms with Crippen LogP contribution in [0.25, 0.3) is 0 Å². The van der Waals surface area contributed by atoms with Crippen molar-refractivity contribution in [3.05, 3.63) is 47.3 Å². The van der Waals surface area contributed by atoms with Gasteiger partial charge in [0.15, 0.2) is 0 Å². The summed E-state index contributed by atoms with van der Waals surface area (Å²) in [6, 6.07) is 9.55. The zero-order valence-corrected chi connectivity index (χ0v) is 15.3. The van der Waals surface area contributed by atoms with Crippen LogP contribution in [0.1, 0.15) is 41.1 Å². The average Bonchev–Trinajstić information content (AvgIpc) is 3.36. The number of aromatic nitrogens is 1. The van der Waals surface area contributed by atoms with Crippen molar-refractivity contribution in [3.8, 4) is 0 Å². The van der Waals surface area contributed by atoms with Crippen LogP contribution in [0.5, 0.6) is 0 Å². The minimum absolute atomic E-state index is 0.0426. The normalized spacial score (nSPS) is 13.8. The maximum absolute atomic E-state index is 12.4. The first-order valence-corrected chi connectivity index (χ1v) is 9.71. The van der Waals surface area contributed by atoms with Gasteiger partial charge in [0.1, 0.15) is 5.76 Å². The van der Waals surface area contributed by atoms with E-state index in [0.717, 1.165) is 35.3 Å². The lowest BCUT2D eigenvalue weighted by atomic mass is 10.2. The SMILES string of the molecule is Cc1cc(CSc2ccccc2C(=O)NCCCOCC2CC2)on1. The molecule has 3 rings (SSSR count). The molecule has 1 aliphatic carbocycles. The number of thioether (sulfide) groups is 1. The molecule has 2 aromatic rings. The summed E-state index contributed by atoms with van der Waals surface area (Å²) in [5.74, 6) is 2.20. The Labute approximate surface area is 152 Å². The van der Waals surface area contributed by atoms with E-state index in [0.29, 0.717) is 24.5 Å². The second kappa shape index (κ2) is 9.06. The Hall–Kier alpha value is -1.79. The van der Waals surface area contributed by atoms with E-state index in [1.165, 1.54) is 12.8 Å². The van der Waals surface area contributed by atoms with E-state index in [2.05, 4.69) is 10.5 Å². The average molecular weight is 360 g/mol. The van der Waals surface area contributed by atoms with Crippen LogP contribution in [0.2, 0.25) is 0 Å². The molecule has 0 aliphatic heterocycles. The van der Waals surface area contributed by atoms with Gasteiger partial charge in [0.25, 0.3) is 5.91 Å². The number of nitrogens with one attached hydrogen (secondary N) is 1. The van der Waals surface area contributed by atoms with Crippen LogP contribution in [-0.4, -0.2) is 30.8 Å². The van der Waals surface area contributed by atoms with Crippen LogP contribution in [-0.2, 0) is 10.5 Å². The molecule has 1 saturated carbocycles. The summed E-state index contributed by atoms with van der Waals surface area (Å²) in [5, 5.41) is 6.86. The summed E-state index contributed by atoms with van der Waals surface area (Å²) in [4.78, 5) is 13.4. The summed E-state index contributed by atoms with van der Waals surface area (Å²) in [7, 11) is 0.